The topological polar surface area (TPSA) is 95.7 Å². The number of halogens is 1. The van der Waals surface area contributed by atoms with Gasteiger partial charge in [0, 0.05) is 5.56 Å². The van der Waals surface area contributed by atoms with Crippen LogP contribution in [-0.2, 0) is 21.4 Å². The summed E-state index contributed by atoms with van der Waals surface area (Å²) in [7, 11) is -2.79. The van der Waals surface area contributed by atoms with Crippen LogP contribution in [0.3, 0.4) is 0 Å². The van der Waals surface area contributed by atoms with Crippen LogP contribution in [0.4, 0.5) is 4.39 Å². The lowest BCUT2D eigenvalue weighted by Gasteiger charge is -2.09. The van der Waals surface area contributed by atoms with Crippen LogP contribution in [0, 0.1) is 5.82 Å². The van der Waals surface area contributed by atoms with Crippen LogP contribution in [0.15, 0.2) is 47.4 Å². The van der Waals surface area contributed by atoms with E-state index in [0.29, 0.717) is 0 Å². The maximum Gasteiger partial charge on any atom is 0.338 e. The van der Waals surface area contributed by atoms with Crippen molar-refractivity contribution in [1.82, 2.24) is 0 Å². The minimum atomic E-state index is -4.07. The van der Waals surface area contributed by atoms with Crippen molar-refractivity contribution in [2.75, 3.05) is 7.11 Å². The monoisotopic (exact) mass is 339 g/mol. The number of nitrogens with two attached hydrogens (primary N) is 1. The number of hydrogen-bond donors (Lipinski definition) is 1. The molecular formula is C15H14FNO5S. The van der Waals surface area contributed by atoms with E-state index in [4.69, 9.17) is 14.6 Å². The van der Waals surface area contributed by atoms with Crippen LogP contribution in [-0.4, -0.2) is 21.5 Å². The van der Waals surface area contributed by atoms with Crippen LogP contribution in [0.1, 0.15) is 15.9 Å². The maximum atomic E-state index is 13.5. The van der Waals surface area contributed by atoms with Gasteiger partial charge >= 0.3 is 5.97 Å². The Labute approximate surface area is 132 Å². The second-order valence-electron chi connectivity index (χ2n) is 4.58. The average molecular weight is 339 g/mol. The molecule has 8 heteroatoms. The summed E-state index contributed by atoms with van der Waals surface area (Å²) in [5.41, 5.74) is 0.173. The van der Waals surface area contributed by atoms with Crippen molar-refractivity contribution in [2.24, 2.45) is 5.14 Å². The predicted octanol–water partition coefficient (Wildman–Crippen LogP) is 1.84. The Morgan fingerprint density at radius 3 is 2.52 bits per heavy atom. The summed E-state index contributed by atoms with van der Waals surface area (Å²) >= 11 is 0. The Balaban J connectivity index is 2.22. The Morgan fingerprint density at radius 1 is 1.22 bits per heavy atom. The molecule has 0 aliphatic rings. The zero-order valence-electron chi connectivity index (χ0n) is 12.2. The van der Waals surface area contributed by atoms with E-state index in [0.717, 1.165) is 6.07 Å². The van der Waals surface area contributed by atoms with E-state index < -0.39 is 21.8 Å². The van der Waals surface area contributed by atoms with Crippen LogP contribution in [0.5, 0.6) is 5.75 Å². The van der Waals surface area contributed by atoms with E-state index in [2.05, 4.69) is 0 Å². The number of benzene rings is 2. The van der Waals surface area contributed by atoms with Crippen molar-refractivity contribution < 1.29 is 27.1 Å². The van der Waals surface area contributed by atoms with Gasteiger partial charge in [-0.15, -0.1) is 0 Å². The molecule has 0 radical (unpaired) electrons. The van der Waals surface area contributed by atoms with Gasteiger partial charge in [-0.25, -0.2) is 22.7 Å². The van der Waals surface area contributed by atoms with Gasteiger partial charge in [0.25, 0.3) is 0 Å². The highest BCUT2D eigenvalue weighted by molar-refractivity contribution is 7.89. The highest BCUT2D eigenvalue weighted by atomic mass is 32.2. The van der Waals surface area contributed by atoms with Gasteiger partial charge in [-0.1, -0.05) is 18.2 Å². The molecule has 0 saturated carbocycles. The van der Waals surface area contributed by atoms with Crippen molar-refractivity contribution in [3.8, 4) is 5.75 Å². The smallest absolute Gasteiger partial charge is 0.338 e. The molecule has 2 N–H and O–H groups in total. The molecule has 0 spiro atoms. The number of sulfonamides is 1. The van der Waals surface area contributed by atoms with Gasteiger partial charge in [0.2, 0.25) is 10.0 Å². The molecule has 23 heavy (non-hydrogen) atoms. The van der Waals surface area contributed by atoms with Gasteiger partial charge in [0.05, 0.1) is 12.7 Å². The van der Waals surface area contributed by atoms with Crippen molar-refractivity contribution in [3.63, 3.8) is 0 Å². The molecule has 2 rings (SSSR count). The number of hydrogen-bond acceptors (Lipinski definition) is 5. The lowest BCUT2D eigenvalue weighted by Crippen LogP contribution is -2.15. The van der Waals surface area contributed by atoms with Crippen molar-refractivity contribution in [1.29, 1.82) is 0 Å². The molecule has 0 unspecified atom stereocenters. The molecule has 0 saturated heterocycles. The first kappa shape index (κ1) is 16.9. The average Bonchev–Trinajstić information content (AvgIpc) is 2.52. The van der Waals surface area contributed by atoms with E-state index in [9.17, 15) is 17.6 Å². The first-order chi connectivity index (χ1) is 10.8. The highest BCUT2D eigenvalue weighted by Crippen LogP contribution is 2.24. The van der Waals surface area contributed by atoms with Gasteiger partial charge in [0.15, 0.2) is 0 Å². The normalized spacial score (nSPS) is 11.1. The molecule has 0 aliphatic heterocycles. The summed E-state index contributed by atoms with van der Waals surface area (Å²) in [6.07, 6.45) is 0. The number of ether oxygens (including phenoxy) is 2. The first-order valence-corrected chi connectivity index (χ1v) is 7.99. The third kappa shape index (κ3) is 4.05. The fraction of sp³-hybridized carbons (Fsp3) is 0.133. The Kier molecular flexibility index (Phi) is 4.97. The molecule has 0 atom stereocenters. The summed E-state index contributed by atoms with van der Waals surface area (Å²) < 4.78 is 46.3. The van der Waals surface area contributed by atoms with Gasteiger partial charge in [-0.2, -0.15) is 0 Å². The Hall–Kier alpha value is -2.45. The highest BCUT2D eigenvalue weighted by Gasteiger charge is 2.19. The fourth-order valence-electron chi connectivity index (χ4n) is 1.87. The zero-order chi connectivity index (χ0) is 17.0. The molecule has 2 aromatic rings. The SMILES string of the molecule is COc1ccc(C(=O)OCc2ccccc2F)cc1S(N)(=O)=O. The Bertz CT molecular complexity index is 836. The minimum absolute atomic E-state index is 0.0122. The molecule has 122 valence electrons. The second-order valence-corrected chi connectivity index (χ2v) is 6.11. The van der Waals surface area contributed by atoms with E-state index in [1.807, 2.05) is 0 Å². The predicted molar refractivity (Wildman–Crippen MR) is 79.9 cm³/mol. The molecular weight excluding hydrogens is 325 g/mol. The van der Waals surface area contributed by atoms with Crippen molar-refractivity contribution in [2.45, 2.75) is 11.5 Å². The summed E-state index contributed by atoms with van der Waals surface area (Å²) in [6, 6.07) is 9.53. The van der Waals surface area contributed by atoms with Crippen LogP contribution < -0.4 is 9.88 Å². The summed E-state index contributed by atoms with van der Waals surface area (Å²) in [5, 5.41) is 5.08. The number of carbonyl (C=O) groups excluding carboxylic acids is 1. The van der Waals surface area contributed by atoms with Crippen LogP contribution in [0.25, 0.3) is 0 Å². The van der Waals surface area contributed by atoms with Gasteiger partial charge in [-0.05, 0) is 24.3 Å². The molecule has 0 aliphatic carbocycles. The van der Waals surface area contributed by atoms with Gasteiger partial charge in [-0.3, -0.25) is 0 Å². The molecule has 2 aromatic carbocycles. The maximum absolute atomic E-state index is 13.5. The number of rotatable bonds is 5. The third-order valence-electron chi connectivity index (χ3n) is 3.02. The summed E-state index contributed by atoms with van der Waals surface area (Å²) in [4.78, 5) is 11.7. The molecule has 0 heterocycles. The number of esters is 1. The molecule has 0 fully saturated rings. The number of carbonyl (C=O) groups is 1. The molecule has 0 bridgehead atoms. The molecule has 0 aromatic heterocycles. The number of primary sulfonamides is 1. The minimum Gasteiger partial charge on any atom is -0.495 e. The fourth-order valence-corrected chi connectivity index (χ4v) is 2.59. The molecule has 6 nitrogen and oxygen atoms in total. The molecule has 0 amide bonds. The van der Waals surface area contributed by atoms with E-state index in [-0.39, 0.29) is 28.4 Å². The van der Waals surface area contributed by atoms with Crippen LogP contribution in [0.2, 0.25) is 0 Å². The van der Waals surface area contributed by atoms with Gasteiger partial charge < -0.3 is 9.47 Å². The van der Waals surface area contributed by atoms with Gasteiger partial charge in [0.1, 0.15) is 23.1 Å². The van der Waals surface area contributed by atoms with Crippen molar-refractivity contribution >= 4 is 16.0 Å². The van der Waals surface area contributed by atoms with E-state index >= 15 is 0 Å². The lowest BCUT2D eigenvalue weighted by atomic mass is 10.2. The summed E-state index contributed by atoms with van der Waals surface area (Å²) in [5.74, 6) is -1.29. The quantitative estimate of drug-likeness (QED) is 0.839. The van der Waals surface area contributed by atoms with E-state index in [1.54, 1.807) is 6.07 Å². The largest absolute Gasteiger partial charge is 0.495 e. The zero-order valence-corrected chi connectivity index (χ0v) is 13.0. The standard InChI is InChI=1S/C15H14FNO5S/c1-21-13-7-6-10(8-14(13)23(17,19)20)15(18)22-9-11-4-2-3-5-12(11)16/h2-8H,9H2,1H3,(H2,17,19,20). The first-order valence-electron chi connectivity index (χ1n) is 6.44. The van der Waals surface area contributed by atoms with E-state index in [1.165, 1.54) is 37.4 Å². The van der Waals surface area contributed by atoms with Crippen LogP contribution >= 0.6 is 0 Å². The Morgan fingerprint density at radius 2 is 1.91 bits per heavy atom. The lowest BCUT2D eigenvalue weighted by molar-refractivity contribution is 0.0468. The number of methoxy groups -OCH3 is 1. The van der Waals surface area contributed by atoms with Crippen molar-refractivity contribution in [3.05, 3.63) is 59.4 Å². The summed E-state index contributed by atoms with van der Waals surface area (Å²) in [6.45, 7) is -0.276. The second kappa shape index (κ2) is 6.76. The third-order valence-corrected chi connectivity index (χ3v) is 3.95.